The van der Waals surface area contributed by atoms with Crippen molar-refractivity contribution in [1.29, 1.82) is 0 Å². The Morgan fingerprint density at radius 1 is 1.20 bits per heavy atom. The highest BCUT2D eigenvalue weighted by molar-refractivity contribution is 7.95. The van der Waals surface area contributed by atoms with E-state index in [1.807, 2.05) is 0 Å². The molecule has 2 aliphatic rings. The molecule has 5 nitrogen and oxygen atoms in total. The highest BCUT2D eigenvalue weighted by Crippen LogP contribution is 2.50. The summed E-state index contributed by atoms with van der Waals surface area (Å²) in [6.07, 6.45) is 2.26. The minimum atomic E-state index is -3.68. The maximum absolute atomic E-state index is 12.0. The van der Waals surface area contributed by atoms with Gasteiger partial charge in [0.1, 0.15) is 0 Å². The number of sulfone groups is 1. The van der Waals surface area contributed by atoms with Gasteiger partial charge in [-0.25, -0.2) is 8.42 Å². The van der Waals surface area contributed by atoms with Crippen LogP contribution >= 0.6 is 0 Å². The molecule has 2 aliphatic carbocycles. The van der Waals surface area contributed by atoms with Gasteiger partial charge in [0.05, 0.1) is 22.9 Å². The summed E-state index contributed by atoms with van der Waals surface area (Å²) in [5.41, 5.74) is 0. The molecule has 2 rings (SSSR count). The Morgan fingerprint density at radius 2 is 1.73 bits per heavy atom. The Balaban J connectivity index is 2.22. The fraction of sp³-hybridized carbons (Fsp3) is 1.00. The summed E-state index contributed by atoms with van der Waals surface area (Å²) in [5, 5.41) is -0.299. The molecule has 2 fully saturated rings. The van der Waals surface area contributed by atoms with Crippen LogP contribution in [0.4, 0.5) is 0 Å². The van der Waals surface area contributed by atoms with Gasteiger partial charge in [-0.2, -0.15) is 8.42 Å². The molecule has 7 heteroatoms. The van der Waals surface area contributed by atoms with Crippen molar-refractivity contribution in [2.24, 2.45) is 0 Å². The van der Waals surface area contributed by atoms with Crippen LogP contribution in [0, 0.1) is 0 Å². The quantitative estimate of drug-likeness (QED) is 0.649. The van der Waals surface area contributed by atoms with E-state index in [-0.39, 0.29) is 11.0 Å². The van der Waals surface area contributed by atoms with Crippen LogP contribution in [-0.2, 0) is 24.1 Å². The third-order valence-electron chi connectivity index (χ3n) is 3.07. The van der Waals surface area contributed by atoms with Crippen molar-refractivity contribution in [1.82, 2.24) is 0 Å². The first kappa shape index (κ1) is 11.3. The fourth-order valence-corrected chi connectivity index (χ4v) is 6.04. The molecule has 0 unspecified atom stereocenters. The Morgan fingerprint density at radius 3 is 2.07 bits per heavy atom. The molecule has 0 radical (unpaired) electrons. The summed E-state index contributed by atoms with van der Waals surface area (Å²) in [6.45, 7) is 0. The second kappa shape index (κ2) is 3.18. The molecular formula is C8H14O5S2. The Labute approximate surface area is 89.9 Å². The van der Waals surface area contributed by atoms with Crippen LogP contribution in [0.15, 0.2) is 0 Å². The molecule has 0 aromatic heterocycles. The van der Waals surface area contributed by atoms with Crippen molar-refractivity contribution < 1.29 is 21.0 Å². The van der Waals surface area contributed by atoms with Crippen LogP contribution in [0.3, 0.4) is 0 Å². The van der Waals surface area contributed by atoms with Gasteiger partial charge in [-0.1, -0.05) is 0 Å². The zero-order valence-corrected chi connectivity index (χ0v) is 10.1. The third kappa shape index (κ3) is 1.92. The highest BCUT2D eigenvalue weighted by atomic mass is 32.2. The average Bonchev–Trinajstić information content (AvgIpc) is 2.98. The molecule has 88 valence electrons. The normalized spacial score (nSPS) is 25.1. The van der Waals surface area contributed by atoms with Crippen LogP contribution < -0.4 is 0 Å². The van der Waals surface area contributed by atoms with E-state index in [0.29, 0.717) is 25.7 Å². The van der Waals surface area contributed by atoms with E-state index in [0.717, 1.165) is 7.11 Å². The van der Waals surface area contributed by atoms with Crippen LogP contribution in [-0.4, -0.2) is 39.7 Å². The smallest absolute Gasteiger partial charge is 0.268 e. The van der Waals surface area contributed by atoms with Crippen LogP contribution in [0.5, 0.6) is 0 Å². The second-order valence-electron chi connectivity index (χ2n) is 4.30. The van der Waals surface area contributed by atoms with Gasteiger partial charge in [0.2, 0.25) is 0 Å². The lowest BCUT2D eigenvalue weighted by Gasteiger charge is -2.14. The molecule has 0 N–H and O–H groups in total. The van der Waals surface area contributed by atoms with E-state index < -0.39 is 24.7 Å². The molecule has 2 saturated carbocycles. The Hall–Kier alpha value is -0.140. The van der Waals surface area contributed by atoms with Crippen LogP contribution in [0.2, 0.25) is 0 Å². The van der Waals surface area contributed by atoms with E-state index in [1.165, 1.54) is 0 Å². The first-order valence-electron chi connectivity index (χ1n) is 4.85. The molecule has 0 saturated heterocycles. The lowest BCUT2D eigenvalue weighted by atomic mass is 10.5. The molecule has 0 aliphatic heterocycles. The number of hydrogen-bond donors (Lipinski definition) is 0. The van der Waals surface area contributed by atoms with Crippen molar-refractivity contribution in [3.63, 3.8) is 0 Å². The topological polar surface area (TPSA) is 77.5 Å². The summed E-state index contributed by atoms with van der Waals surface area (Å²) in [6, 6.07) is 0. The van der Waals surface area contributed by atoms with Gasteiger partial charge in [0.25, 0.3) is 10.1 Å². The zero-order valence-electron chi connectivity index (χ0n) is 8.47. The molecule has 0 aromatic rings. The van der Waals surface area contributed by atoms with E-state index in [9.17, 15) is 16.8 Å². The lowest BCUT2D eigenvalue weighted by molar-refractivity contribution is 0.396. The molecule has 0 aromatic carbocycles. The predicted octanol–water partition coefficient (Wildman–Crippen LogP) is 0.0724. The van der Waals surface area contributed by atoms with Crippen LogP contribution in [0.25, 0.3) is 0 Å². The maximum atomic E-state index is 12.0. The minimum absolute atomic E-state index is 0.299. The molecule has 0 spiro atoms. The summed E-state index contributed by atoms with van der Waals surface area (Å²) in [5.74, 6) is -0.380. The number of rotatable bonds is 5. The molecular weight excluding hydrogens is 240 g/mol. The van der Waals surface area contributed by atoms with Gasteiger partial charge in [-0.3, -0.25) is 4.18 Å². The largest absolute Gasteiger partial charge is 0.273 e. The van der Waals surface area contributed by atoms with E-state index >= 15 is 0 Å². The van der Waals surface area contributed by atoms with E-state index in [2.05, 4.69) is 4.18 Å². The van der Waals surface area contributed by atoms with Gasteiger partial charge < -0.3 is 0 Å². The van der Waals surface area contributed by atoms with E-state index in [1.54, 1.807) is 0 Å². The maximum Gasteiger partial charge on any atom is 0.268 e. The average molecular weight is 254 g/mol. The minimum Gasteiger partial charge on any atom is -0.273 e. The van der Waals surface area contributed by atoms with Gasteiger partial charge in [0, 0.05) is 0 Å². The van der Waals surface area contributed by atoms with Crippen molar-refractivity contribution in [3.8, 4) is 0 Å². The van der Waals surface area contributed by atoms with Gasteiger partial charge in [-0.05, 0) is 25.7 Å². The first-order valence-corrected chi connectivity index (χ1v) is 7.97. The standard InChI is InChI=1S/C8H14O5S2/c1-13-14(9,10)6-8(4-5-8)15(11,12)7-2-3-7/h7H,2-6H2,1H3. The Bertz CT molecular complexity index is 453. The lowest BCUT2D eigenvalue weighted by Crippen LogP contribution is -2.34. The fourth-order valence-electron chi connectivity index (χ4n) is 1.76. The van der Waals surface area contributed by atoms with Crippen molar-refractivity contribution in [3.05, 3.63) is 0 Å². The van der Waals surface area contributed by atoms with Gasteiger partial charge >= 0.3 is 0 Å². The second-order valence-corrected chi connectivity index (χ2v) is 8.66. The van der Waals surface area contributed by atoms with E-state index in [4.69, 9.17) is 0 Å². The SMILES string of the molecule is COS(=O)(=O)CC1(S(=O)(=O)C2CC2)CC1. The predicted molar refractivity (Wildman–Crippen MR) is 54.7 cm³/mol. The van der Waals surface area contributed by atoms with Crippen LogP contribution in [0.1, 0.15) is 25.7 Å². The molecule has 0 bridgehead atoms. The molecule has 15 heavy (non-hydrogen) atoms. The Kier molecular flexibility index (Phi) is 2.40. The van der Waals surface area contributed by atoms with Gasteiger partial charge in [-0.15, -0.1) is 0 Å². The summed E-state index contributed by atoms with van der Waals surface area (Å²) < 4.78 is 49.7. The summed E-state index contributed by atoms with van der Waals surface area (Å²) in [7, 11) is -5.87. The molecule has 0 amide bonds. The van der Waals surface area contributed by atoms with Crippen molar-refractivity contribution in [2.75, 3.05) is 12.9 Å². The van der Waals surface area contributed by atoms with Crippen molar-refractivity contribution in [2.45, 2.75) is 35.7 Å². The zero-order chi connectivity index (χ0) is 11.3. The highest BCUT2D eigenvalue weighted by Gasteiger charge is 2.61. The third-order valence-corrected chi connectivity index (χ3v) is 7.77. The monoisotopic (exact) mass is 254 g/mol. The molecule has 0 heterocycles. The first-order chi connectivity index (χ1) is 6.83. The number of hydrogen-bond acceptors (Lipinski definition) is 5. The summed E-state index contributed by atoms with van der Waals surface area (Å²) in [4.78, 5) is 0. The van der Waals surface area contributed by atoms with Gasteiger partial charge in [0.15, 0.2) is 9.84 Å². The summed E-state index contributed by atoms with van der Waals surface area (Å²) >= 11 is 0. The molecule has 0 atom stereocenters. The van der Waals surface area contributed by atoms with Crippen molar-refractivity contribution >= 4 is 20.0 Å².